The Bertz CT molecular complexity index is 436. The van der Waals surface area contributed by atoms with Crippen LogP contribution in [0.1, 0.15) is 5.56 Å². The number of nitrogens with zero attached hydrogens (tertiary/aromatic N) is 1. The van der Waals surface area contributed by atoms with E-state index in [9.17, 15) is 8.42 Å². The molecule has 4 nitrogen and oxygen atoms in total. The van der Waals surface area contributed by atoms with Crippen molar-refractivity contribution in [1.82, 2.24) is 4.98 Å². The summed E-state index contributed by atoms with van der Waals surface area (Å²) in [6.45, 7) is 1.69. The van der Waals surface area contributed by atoms with E-state index in [0.29, 0.717) is 5.56 Å². The van der Waals surface area contributed by atoms with E-state index in [2.05, 4.69) is 9.71 Å². The fraction of sp³-hybridized carbons (Fsp3) is 0.286. The fourth-order valence-corrected chi connectivity index (χ4v) is 2.17. The second-order valence-corrected chi connectivity index (χ2v) is 5.30. The number of aryl methyl sites for hydroxylation is 1. The molecule has 0 aliphatic heterocycles. The Morgan fingerprint density at radius 3 is 2.43 bits per heavy atom. The maximum Gasteiger partial charge on any atom is 0.229 e. The van der Waals surface area contributed by atoms with Crippen molar-refractivity contribution in [3.63, 3.8) is 0 Å². The summed E-state index contributed by atoms with van der Waals surface area (Å²) in [6, 6.07) is 1.53. The summed E-state index contributed by atoms with van der Waals surface area (Å²) in [7, 11) is -3.35. The van der Waals surface area contributed by atoms with Crippen molar-refractivity contribution >= 4 is 38.9 Å². The van der Waals surface area contributed by atoms with E-state index in [0.717, 1.165) is 6.26 Å². The van der Waals surface area contributed by atoms with E-state index in [1.54, 1.807) is 6.92 Å². The molecular formula is C7H8Cl2N2O2S. The highest BCUT2D eigenvalue weighted by molar-refractivity contribution is 7.92. The van der Waals surface area contributed by atoms with Gasteiger partial charge >= 0.3 is 0 Å². The summed E-state index contributed by atoms with van der Waals surface area (Å²) < 4.78 is 24.2. The summed E-state index contributed by atoms with van der Waals surface area (Å²) in [5.41, 5.74) is 0.888. The molecule has 0 aliphatic rings. The molecule has 0 atom stereocenters. The molecule has 0 spiro atoms. The quantitative estimate of drug-likeness (QED) is 0.823. The third-order valence-corrected chi connectivity index (χ3v) is 2.47. The van der Waals surface area contributed by atoms with E-state index in [1.807, 2.05) is 0 Å². The lowest BCUT2D eigenvalue weighted by Crippen LogP contribution is -2.11. The zero-order chi connectivity index (χ0) is 10.9. The Hall–Kier alpha value is -0.520. The molecule has 1 rings (SSSR count). The van der Waals surface area contributed by atoms with Gasteiger partial charge in [-0.2, -0.15) is 0 Å². The molecular weight excluding hydrogens is 247 g/mol. The number of pyridine rings is 1. The normalized spacial score (nSPS) is 11.4. The Balaban J connectivity index is 3.22. The van der Waals surface area contributed by atoms with Gasteiger partial charge in [0.1, 0.15) is 5.15 Å². The predicted octanol–water partition coefficient (Wildman–Crippen LogP) is 2.07. The van der Waals surface area contributed by atoms with Gasteiger partial charge in [0, 0.05) is 0 Å². The van der Waals surface area contributed by atoms with E-state index in [1.165, 1.54) is 6.07 Å². The highest BCUT2D eigenvalue weighted by atomic mass is 35.5. The van der Waals surface area contributed by atoms with Crippen LogP contribution in [0.15, 0.2) is 6.07 Å². The topological polar surface area (TPSA) is 59.1 Å². The van der Waals surface area contributed by atoms with Crippen molar-refractivity contribution < 1.29 is 8.42 Å². The van der Waals surface area contributed by atoms with Crippen LogP contribution in [-0.2, 0) is 10.0 Å². The van der Waals surface area contributed by atoms with Crippen molar-refractivity contribution in [1.29, 1.82) is 0 Å². The third kappa shape index (κ3) is 3.01. The predicted molar refractivity (Wildman–Crippen MR) is 57.5 cm³/mol. The van der Waals surface area contributed by atoms with Crippen molar-refractivity contribution in [2.45, 2.75) is 6.92 Å². The SMILES string of the molecule is Cc1cc(Cl)nc(Cl)c1NS(C)(=O)=O. The van der Waals surface area contributed by atoms with Gasteiger partial charge in [-0.05, 0) is 18.6 Å². The number of nitrogens with one attached hydrogen (secondary N) is 1. The lowest BCUT2D eigenvalue weighted by Gasteiger charge is -2.08. The molecule has 7 heteroatoms. The molecule has 0 aliphatic carbocycles. The average molecular weight is 255 g/mol. The molecule has 78 valence electrons. The number of aromatic nitrogens is 1. The standard InChI is InChI=1S/C7H8Cl2N2O2S/c1-4-3-5(8)10-7(9)6(4)11-14(2,12)13/h3,11H,1-2H3. The zero-order valence-corrected chi connectivity index (χ0v) is 9.83. The van der Waals surface area contributed by atoms with Crippen LogP contribution < -0.4 is 4.72 Å². The van der Waals surface area contributed by atoms with Crippen LogP contribution in [0.5, 0.6) is 0 Å². The van der Waals surface area contributed by atoms with E-state index in [4.69, 9.17) is 23.2 Å². The average Bonchev–Trinajstić information content (AvgIpc) is 1.95. The highest BCUT2D eigenvalue weighted by Crippen LogP contribution is 2.26. The minimum Gasteiger partial charge on any atom is -0.280 e. The minimum atomic E-state index is -3.35. The van der Waals surface area contributed by atoms with Crippen molar-refractivity contribution in [3.05, 3.63) is 21.9 Å². The molecule has 0 bridgehead atoms. The molecule has 14 heavy (non-hydrogen) atoms. The fourth-order valence-electron chi connectivity index (χ4n) is 0.903. The molecule has 1 heterocycles. The monoisotopic (exact) mass is 254 g/mol. The molecule has 1 aromatic heterocycles. The lowest BCUT2D eigenvalue weighted by molar-refractivity contribution is 0.606. The first-order valence-corrected chi connectivity index (χ1v) is 6.25. The highest BCUT2D eigenvalue weighted by Gasteiger charge is 2.11. The van der Waals surface area contributed by atoms with Crippen LogP contribution in [0.4, 0.5) is 5.69 Å². The summed E-state index contributed by atoms with van der Waals surface area (Å²) >= 11 is 11.3. The van der Waals surface area contributed by atoms with Crippen LogP contribution in [0.2, 0.25) is 10.3 Å². The summed E-state index contributed by atoms with van der Waals surface area (Å²) in [5, 5.41) is 0.270. The molecule has 1 aromatic rings. The number of hydrogen-bond donors (Lipinski definition) is 1. The van der Waals surface area contributed by atoms with Crippen molar-refractivity contribution in [3.8, 4) is 0 Å². The summed E-state index contributed by atoms with van der Waals surface area (Å²) in [6.07, 6.45) is 1.04. The summed E-state index contributed by atoms with van der Waals surface area (Å²) in [4.78, 5) is 3.72. The number of sulfonamides is 1. The molecule has 0 amide bonds. The number of hydrogen-bond acceptors (Lipinski definition) is 3. The maximum absolute atomic E-state index is 11.0. The van der Waals surface area contributed by atoms with Crippen LogP contribution in [0, 0.1) is 6.92 Å². The Labute approximate surface area is 92.3 Å². The van der Waals surface area contributed by atoms with Gasteiger partial charge in [0.15, 0.2) is 5.15 Å². The second-order valence-electron chi connectivity index (χ2n) is 2.80. The molecule has 0 unspecified atom stereocenters. The Morgan fingerprint density at radius 1 is 1.43 bits per heavy atom. The van der Waals surface area contributed by atoms with Gasteiger partial charge in [-0.1, -0.05) is 23.2 Å². The minimum absolute atomic E-state index is 0.0421. The van der Waals surface area contributed by atoms with Crippen LogP contribution in [-0.4, -0.2) is 19.7 Å². The number of anilines is 1. The van der Waals surface area contributed by atoms with Crippen LogP contribution >= 0.6 is 23.2 Å². The Kier molecular flexibility index (Phi) is 3.24. The first-order chi connectivity index (χ1) is 6.29. The van der Waals surface area contributed by atoms with Gasteiger partial charge in [0.25, 0.3) is 0 Å². The van der Waals surface area contributed by atoms with Gasteiger partial charge < -0.3 is 0 Å². The number of halogens is 2. The smallest absolute Gasteiger partial charge is 0.229 e. The van der Waals surface area contributed by atoms with Crippen LogP contribution in [0.25, 0.3) is 0 Å². The lowest BCUT2D eigenvalue weighted by atomic mass is 10.3. The van der Waals surface area contributed by atoms with Gasteiger partial charge in [0.05, 0.1) is 11.9 Å². The van der Waals surface area contributed by atoms with Gasteiger partial charge in [0.2, 0.25) is 10.0 Å². The molecule has 1 N–H and O–H groups in total. The largest absolute Gasteiger partial charge is 0.280 e. The maximum atomic E-state index is 11.0. The third-order valence-electron chi connectivity index (χ3n) is 1.43. The molecule has 0 aromatic carbocycles. The van der Waals surface area contributed by atoms with Gasteiger partial charge in [-0.3, -0.25) is 4.72 Å². The van der Waals surface area contributed by atoms with Gasteiger partial charge in [-0.25, -0.2) is 13.4 Å². The van der Waals surface area contributed by atoms with E-state index >= 15 is 0 Å². The molecule has 0 fully saturated rings. The second kappa shape index (κ2) is 3.92. The van der Waals surface area contributed by atoms with Gasteiger partial charge in [-0.15, -0.1) is 0 Å². The molecule has 0 saturated carbocycles. The van der Waals surface area contributed by atoms with Crippen LogP contribution in [0.3, 0.4) is 0 Å². The van der Waals surface area contributed by atoms with Crippen molar-refractivity contribution in [2.24, 2.45) is 0 Å². The zero-order valence-electron chi connectivity index (χ0n) is 7.51. The molecule has 0 radical (unpaired) electrons. The molecule has 0 saturated heterocycles. The van der Waals surface area contributed by atoms with E-state index in [-0.39, 0.29) is 16.0 Å². The summed E-state index contributed by atoms with van der Waals surface area (Å²) in [5.74, 6) is 0. The van der Waals surface area contributed by atoms with Crippen molar-refractivity contribution in [2.75, 3.05) is 11.0 Å². The first kappa shape index (κ1) is 11.6. The Morgan fingerprint density at radius 2 is 2.00 bits per heavy atom. The number of rotatable bonds is 2. The van der Waals surface area contributed by atoms with E-state index < -0.39 is 10.0 Å². The first-order valence-electron chi connectivity index (χ1n) is 3.60.